The van der Waals surface area contributed by atoms with Crippen LogP contribution in [0.15, 0.2) is 84.9 Å². The highest BCUT2D eigenvalue weighted by atomic mass is 16.6. The van der Waals surface area contributed by atoms with Crippen molar-refractivity contribution < 1.29 is 14.6 Å². The van der Waals surface area contributed by atoms with Crippen molar-refractivity contribution in [3.8, 4) is 0 Å². The van der Waals surface area contributed by atoms with Crippen molar-refractivity contribution in [2.75, 3.05) is 0 Å². The molecule has 6 rings (SSSR count). The molecule has 4 aromatic carbocycles. The van der Waals surface area contributed by atoms with E-state index in [-0.39, 0.29) is 24.8 Å². The van der Waals surface area contributed by atoms with E-state index in [4.69, 9.17) is 4.74 Å². The molecule has 2 atom stereocenters. The number of carbonyl (C=O) groups is 1. The Morgan fingerprint density at radius 3 is 2.21 bits per heavy atom. The van der Waals surface area contributed by atoms with Crippen molar-refractivity contribution >= 4 is 27.6 Å². The summed E-state index contributed by atoms with van der Waals surface area (Å²) in [7, 11) is 0. The summed E-state index contributed by atoms with van der Waals surface area (Å²) in [5.74, 6) is 0. The lowest BCUT2D eigenvalue weighted by Crippen LogP contribution is -2.59. The van der Waals surface area contributed by atoms with Gasteiger partial charge in [0.1, 0.15) is 6.61 Å². The van der Waals surface area contributed by atoms with E-state index in [0.29, 0.717) is 12.8 Å². The Labute approximate surface area is 199 Å². The van der Waals surface area contributed by atoms with Gasteiger partial charge in [0.05, 0.1) is 5.60 Å². The summed E-state index contributed by atoms with van der Waals surface area (Å²) in [6, 6.07) is 28.6. The molecule has 0 aromatic heterocycles. The number of ether oxygens (including phenoxy) is 1. The van der Waals surface area contributed by atoms with Gasteiger partial charge < -0.3 is 14.7 Å². The molecule has 4 heteroatoms. The van der Waals surface area contributed by atoms with Crippen molar-refractivity contribution in [1.29, 1.82) is 0 Å². The molecule has 4 aromatic rings. The van der Waals surface area contributed by atoms with Crippen molar-refractivity contribution in [2.24, 2.45) is 0 Å². The van der Waals surface area contributed by atoms with Crippen LogP contribution in [0.25, 0.3) is 21.5 Å². The second-order valence-electron chi connectivity index (χ2n) is 9.82. The van der Waals surface area contributed by atoms with Crippen LogP contribution < -0.4 is 0 Å². The summed E-state index contributed by atoms with van der Waals surface area (Å²) in [5.41, 5.74) is 0.989. The fourth-order valence-electron chi connectivity index (χ4n) is 6.18. The SMILES string of the molecule is O=C(OCc1ccccc1)N1C2CCCC1CC(O)(c1cc3ccccc3c3ccccc13)C2. The number of aliphatic hydroxyl groups is 1. The van der Waals surface area contributed by atoms with Crippen molar-refractivity contribution in [3.05, 3.63) is 96.1 Å². The predicted octanol–water partition coefficient (Wildman–Crippen LogP) is 6.53. The molecular formula is C30H29NO3. The maximum atomic E-state index is 13.1. The second-order valence-corrected chi connectivity index (χ2v) is 9.82. The molecule has 2 fully saturated rings. The molecular weight excluding hydrogens is 422 g/mol. The van der Waals surface area contributed by atoms with Crippen LogP contribution in [0.4, 0.5) is 4.79 Å². The molecule has 2 saturated heterocycles. The van der Waals surface area contributed by atoms with Crippen LogP contribution in [0.2, 0.25) is 0 Å². The molecule has 4 nitrogen and oxygen atoms in total. The van der Waals surface area contributed by atoms with Gasteiger partial charge in [-0.25, -0.2) is 4.79 Å². The van der Waals surface area contributed by atoms with Crippen LogP contribution >= 0.6 is 0 Å². The Hall–Kier alpha value is -3.37. The first-order chi connectivity index (χ1) is 16.6. The second kappa shape index (κ2) is 8.44. The third-order valence-electron chi connectivity index (χ3n) is 7.69. The van der Waals surface area contributed by atoms with E-state index in [1.165, 1.54) is 10.8 Å². The summed E-state index contributed by atoms with van der Waals surface area (Å²) >= 11 is 0. The Kier molecular flexibility index (Phi) is 5.26. The van der Waals surface area contributed by atoms with Crippen LogP contribution in [0.3, 0.4) is 0 Å². The largest absolute Gasteiger partial charge is 0.445 e. The molecule has 0 radical (unpaired) electrons. The van der Waals surface area contributed by atoms with Gasteiger partial charge in [-0.15, -0.1) is 0 Å². The van der Waals surface area contributed by atoms with E-state index >= 15 is 0 Å². The van der Waals surface area contributed by atoms with E-state index in [1.54, 1.807) is 0 Å². The number of hydrogen-bond acceptors (Lipinski definition) is 3. The Morgan fingerprint density at radius 1 is 0.853 bits per heavy atom. The summed E-state index contributed by atoms with van der Waals surface area (Å²) in [6.07, 6.45) is 3.67. The number of amides is 1. The molecule has 0 saturated carbocycles. The first kappa shape index (κ1) is 21.2. The first-order valence-corrected chi connectivity index (χ1v) is 12.2. The first-order valence-electron chi connectivity index (χ1n) is 12.2. The van der Waals surface area contributed by atoms with Crippen molar-refractivity contribution in [1.82, 2.24) is 4.90 Å². The minimum absolute atomic E-state index is 0.0222. The third kappa shape index (κ3) is 3.63. The number of fused-ring (bicyclic) bond motifs is 5. The van der Waals surface area contributed by atoms with Gasteiger partial charge in [-0.1, -0.05) is 78.9 Å². The quantitative estimate of drug-likeness (QED) is 0.360. The van der Waals surface area contributed by atoms with E-state index in [0.717, 1.165) is 41.2 Å². The average Bonchev–Trinajstić information content (AvgIpc) is 2.87. The van der Waals surface area contributed by atoms with E-state index in [2.05, 4.69) is 42.5 Å². The normalized spacial score (nSPS) is 24.3. The number of carbonyl (C=O) groups excluding carboxylic acids is 1. The summed E-state index contributed by atoms with van der Waals surface area (Å²) in [5, 5.41) is 16.7. The molecule has 2 unspecified atom stereocenters. The molecule has 34 heavy (non-hydrogen) atoms. The Morgan fingerprint density at radius 2 is 1.47 bits per heavy atom. The zero-order valence-corrected chi connectivity index (χ0v) is 19.2. The average molecular weight is 452 g/mol. The van der Waals surface area contributed by atoms with Gasteiger partial charge in [0.2, 0.25) is 0 Å². The smallest absolute Gasteiger partial charge is 0.410 e. The summed E-state index contributed by atoms with van der Waals surface area (Å²) in [4.78, 5) is 15.1. The lowest BCUT2D eigenvalue weighted by Gasteiger charge is -2.51. The molecule has 2 heterocycles. The maximum absolute atomic E-state index is 13.1. The zero-order chi connectivity index (χ0) is 23.1. The monoisotopic (exact) mass is 451 g/mol. The molecule has 1 N–H and O–H groups in total. The lowest BCUT2D eigenvalue weighted by molar-refractivity contribution is -0.0888. The van der Waals surface area contributed by atoms with Gasteiger partial charge >= 0.3 is 6.09 Å². The van der Waals surface area contributed by atoms with Gasteiger partial charge in [0.25, 0.3) is 0 Å². The number of piperidine rings is 2. The lowest BCUT2D eigenvalue weighted by atomic mass is 9.71. The molecule has 0 aliphatic carbocycles. The Bertz CT molecular complexity index is 1340. The molecule has 2 bridgehead atoms. The minimum atomic E-state index is -0.977. The standard InChI is InChI=1S/C30H29NO3/c32-29(34-20-21-9-2-1-3-10-21)31-23-12-8-13-24(31)19-30(33,18-23)28-17-22-11-4-5-14-25(22)26-15-6-7-16-27(26)28/h1-7,9-11,14-17,23-24,33H,8,12-13,18-20H2. The maximum Gasteiger partial charge on any atom is 0.410 e. The number of hydrogen-bond donors (Lipinski definition) is 1. The van der Waals surface area contributed by atoms with Gasteiger partial charge in [0, 0.05) is 24.9 Å². The fourth-order valence-corrected chi connectivity index (χ4v) is 6.18. The van der Waals surface area contributed by atoms with Crippen molar-refractivity contribution in [3.63, 3.8) is 0 Å². The molecule has 172 valence electrons. The van der Waals surface area contributed by atoms with Gasteiger partial charge in [-0.05, 0) is 58.0 Å². The van der Waals surface area contributed by atoms with E-state index in [1.807, 2.05) is 47.4 Å². The van der Waals surface area contributed by atoms with Crippen molar-refractivity contribution in [2.45, 2.75) is 56.4 Å². The highest BCUT2D eigenvalue weighted by Crippen LogP contribution is 2.47. The fraction of sp³-hybridized carbons (Fsp3) is 0.300. The predicted molar refractivity (Wildman–Crippen MR) is 134 cm³/mol. The Balaban J connectivity index is 1.33. The summed E-state index contributed by atoms with van der Waals surface area (Å²) < 4.78 is 5.71. The third-order valence-corrected chi connectivity index (χ3v) is 7.69. The zero-order valence-electron chi connectivity index (χ0n) is 19.2. The molecule has 0 spiro atoms. The van der Waals surface area contributed by atoms with E-state index in [9.17, 15) is 9.90 Å². The van der Waals surface area contributed by atoms with Crippen LogP contribution in [0, 0.1) is 0 Å². The van der Waals surface area contributed by atoms with Gasteiger partial charge in [0.15, 0.2) is 0 Å². The van der Waals surface area contributed by atoms with Crippen LogP contribution in [-0.4, -0.2) is 28.2 Å². The highest BCUT2D eigenvalue weighted by Gasteiger charge is 2.49. The molecule has 2 aliphatic heterocycles. The van der Waals surface area contributed by atoms with Gasteiger partial charge in [-0.3, -0.25) is 0 Å². The highest BCUT2D eigenvalue weighted by molar-refractivity contribution is 6.09. The van der Waals surface area contributed by atoms with Crippen LogP contribution in [0.5, 0.6) is 0 Å². The topological polar surface area (TPSA) is 49.8 Å². The molecule has 1 amide bonds. The minimum Gasteiger partial charge on any atom is -0.445 e. The summed E-state index contributed by atoms with van der Waals surface area (Å²) in [6.45, 7) is 0.273. The van der Waals surface area contributed by atoms with Crippen LogP contribution in [-0.2, 0) is 16.9 Å². The number of rotatable bonds is 3. The number of benzene rings is 4. The van der Waals surface area contributed by atoms with E-state index < -0.39 is 5.60 Å². The van der Waals surface area contributed by atoms with Gasteiger partial charge in [-0.2, -0.15) is 0 Å². The molecule has 2 aliphatic rings. The number of nitrogens with zero attached hydrogens (tertiary/aromatic N) is 1. The van der Waals surface area contributed by atoms with Crippen LogP contribution in [0.1, 0.15) is 43.2 Å².